The van der Waals surface area contributed by atoms with Crippen molar-refractivity contribution in [1.82, 2.24) is 0 Å². The number of benzene rings is 2. The van der Waals surface area contributed by atoms with E-state index in [1.807, 2.05) is 0 Å². The third-order valence-electron chi connectivity index (χ3n) is 5.37. The Balaban J connectivity index is 1.77. The second-order valence-electron chi connectivity index (χ2n) is 6.42. The van der Waals surface area contributed by atoms with Gasteiger partial charge in [-0.05, 0) is 59.4 Å². The molecule has 2 bridgehead atoms. The van der Waals surface area contributed by atoms with Gasteiger partial charge in [-0.3, -0.25) is 0 Å². The van der Waals surface area contributed by atoms with Crippen LogP contribution in [0.3, 0.4) is 0 Å². The first-order valence-corrected chi connectivity index (χ1v) is 9.26. The van der Waals surface area contributed by atoms with Crippen LogP contribution >= 0.6 is 31.9 Å². The number of fused-ring (bicyclic) bond motifs is 3. The Morgan fingerprint density at radius 3 is 2.45 bits per heavy atom. The molecule has 0 nitrogen and oxygen atoms in total. The first-order chi connectivity index (χ1) is 9.74. The molecule has 4 rings (SSSR count). The molecule has 2 saturated carbocycles. The van der Waals surface area contributed by atoms with Crippen molar-refractivity contribution in [3.05, 3.63) is 46.4 Å². The van der Waals surface area contributed by atoms with Crippen LogP contribution in [0.25, 0.3) is 10.8 Å². The largest absolute Gasteiger partial charge is 0.0835 e. The summed E-state index contributed by atoms with van der Waals surface area (Å²) in [5, 5.41) is 2.73. The van der Waals surface area contributed by atoms with Crippen LogP contribution in [0.1, 0.15) is 36.1 Å². The molecule has 0 spiro atoms. The monoisotopic (exact) mass is 392 g/mol. The van der Waals surface area contributed by atoms with E-state index < -0.39 is 0 Å². The molecule has 0 aromatic heterocycles. The maximum Gasteiger partial charge on any atom is 0.0432 e. The minimum Gasteiger partial charge on any atom is -0.0835 e. The predicted octanol–water partition coefficient (Wildman–Crippen LogP) is 6.47. The lowest BCUT2D eigenvalue weighted by Gasteiger charge is -2.27. The fourth-order valence-electron chi connectivity index (χ4n) is 4.41. The zero-order valence-electron chi connectivity index (χ0n) is 11.4. The van der Waals surface area contributed by atoms with Gasteiger partial charge in [0, 0.05) is 9.30 Å². The van der Waals surface area contributed by atoms with Gasteiger partial charge in [-0.2, -0.15) is 0 Å². The van der Waals surface area contributed by atoms with E-state index in [2.05, 4.69) is 68.3 Å². The second-order valence-corrected chi connectivity index (χ2v) is 8.26. The highest BCUT2D eigenvalue weighted by atomic mass is 79.9. The Morgan fingerprint density at radius 1 is 0.950 bits per heavy atom. The van der Waals surface area contributed by atoms with Gasteiger partial charge in [-0.1, -0.05) is 68.6 Å². The average Bonchev–Trinajstić information content (AvgIpc) is 3.10. The molecule has 2 heteroatoms. The van der Waals surface area contributed by atoms with Gasteiger partial charge in [0.25, 0.3) is 0 Å². The van der Waals surface area contributed by atoms with Crippen molar-refractivity contribution >= 4 is 42.6 Å². The van der Waals surface area contributed by atoms with Crippen LogP contribution in [-0.2, 0) is 0 Å². The molecule has 0 aliphatic heterocycles. The summed E-state index contributed by atoms with van der Waals surface area (Å²) >= 11 is 7.73. The average molecular weight is 394 g/mol. The molecule has 4 atom stereocenters. The molecule has 2 aromatic carbocycles. The lowest BCUT2D eigenvalue weighted by atomic mass is 9.83. The highest BCUT2D eigenvalue weighted by Gasteiger charge is 2.42. The van der Waals surface area contributed by atoms with Crippen molar-refractivity contribution in [2.24, 2.45) is 17.8 Å². The normalized spacial score (nSPS) is 30.0. The molecule has 0 heterocycles. The summed E-state index contributed by atoms with van der Waals surface area (Å²) in [7, 11) is 0. The topological polar surface area (TPSA) is 0 Å². The van der Waals surface area contributed by atoms with Gasteiger partial charge in [0.2, 0.25) is 0 Å². The van der Waals surface area contributed by atoms with Gasteiger partial charge < -0.3 is 0 Å². The first kappa shape index (κ1) is 13.3. The summed E-state index contributed by atoms with van der Waals surface area (Å²) in [5.74, 6) is 2.79. The highest BCUT2D eigenvalue weighted by molar-refractivity contribution is 9.10. The van der Waals surface area contributed by atoms with E-state index >= 15 is 0 Å². The molecule has 2 aliphatic rings. The van der Waals surface area contributed by atoms with E-state index in [4.69, 9.17) is 0 Å². The Morgan fingerprint density at radius 2 is 1.75 bits per heavy atom. The molecular weight excluding hydrogens is 376 g/mol. The molecule has 0 radical (unpaired) electrons. The summed E-state index contributed by atoms with van der Waals surface area (Å²) in [5.41, 5.74) is 1.47. The summed E-state index contributed by atoms with van der Waals surface area (Å²) in [6, 6.07) is 13.3. The lowest BCUT2D eigenvalue weighted by molar-refractivity contribution is 0.330. The van der Waals surface area contributed by atoms with Gasteiger partial charge in [0.15, 0.2) is 0 Å². The smallest absolute Gasteiger partial charge is 0.0432 e. The van der Waals surface area contributed by atoms with Crippen LogP contribution in [0.2, 0.25) is 0 Å². The number of halogens is 2. The minimum absolute atomic E-state index is 0.510. The van der Waals surface area contributed by atoms with Gasteiger partial charge in [-0.15, -0.1) is 0 Å². The van der Waals surface area contributed by atoms with E-state index in [1.165, 1.54) is 46.5 Å². The van der Waals surface area contributed by atoms with E-state index in [0.717, 1.165) is 17.8 Å². The van der Waals surface area contributed by atoms with Crippen LogP contribution in [0.15, 0.2) is 40.9 Å². The fourth-order valence-corrected chi connectivity index (χ4v) is 5.93. The molecule has 2 aromatic rings. The quantitative estimate of drug-likeness (QED) is 0.512. The predicted molar refractivity (Wildman–Crippen MR) is 92.3 cm³/mol. The molecular formula is C18H18Br2. The van der Waals surface area contributed by atoms with E-state index in [9.17, 15) is 0 Å². The number of hydrogen-bond acceptors (Lipinski definition) is 0. The van der Waals surface area contributed by atoms with Crippen molar-refractivity contribution in [1.29, 1.82) is 0 Å². The van der Waals surface area contributed by atoms with Crippen LogP contribution in [-0.4, -0.2) is 0 Å². The van der Waals surface area contributed by atoms with Crippen molar-refractivity contribution in [3.63, 3.8) is 0 Å². The van der Waals surface area contributed by atoms with Crippen molar-refractivity contribution < 1.29 is 0 Å². The Kier molecular flexibility index (Phi) is 3.42. The summed E-state index contributed by atoms with van der Waals surface area (Å²) < 4.78 is 1.20. The summed E-state index contributed by atoms with van der Waals surface area (Å²) in [4.78, 5) is 0.510. The Bertz CT molecular complexity index is 649. The molecule has 0 N–H and O–H groups in total. The standard InChI is InChI=1S/C18H18Br2/c19-17-8-7-15(13-3-1-2-4-14(13)17)18(20)16-10-11-5-6-12(16)9-11/h1-4,7-8,11-12,16,18H,5-6,9-10H2. The Hall–Kier alpha value is -0.340. The van der Waals surface area contributed by atoms with Crippen LogP contribution in [0, 0.1) is 17.8 Å². The van der Waals surface area contributed by atoms with Gasteiger partial charge in [-0.25, -0.2) is 0 Å². The zero-order valence-corrected chi connectivity index (χ0v) is 14.5. The van der Waals surface area contributed by atoms with E-state index in [0.29, 0.717) is 4.83 Å². The first-order valence-electron chi connectivity index (χ1n) is 7.55. The lowest BCUT2D eigenvalue weighted by Crippen LogP contribution is -2.15. The third kappa shape index (κ3) is 2.07. The van der Waals surface area contributed by atoms with Gasteiger partial charge in [0.1, 0.15) is 0 Å². The zero-order chi connectivity index (χ0) is 13.7. The molecule has 0 saturated heterocycles. The maximum atomic E-state index is 4.04. The number of alkyl halides is 1. The van der Waals surface area contributed by atoms with Crippen molar-refractivity contribution in [3.8, 4) is 0 Å². The van der Waals surface area contributed by atoms with Gasteiger partial charge in [0.05, 0.1) is 0 Å². The van der Waals surface area contributed by atoms with Gasteiger partial charge >= 0.3 is 0 Å². The van der Waals surface area contributed by atoms with Crippen molar-refractivity contribution in [2.75, 3.05) is 0 Å². The summed E-state index contributed by atoms with van der Waals surface area (Å²) in [6.45, 7) is 0. The molecule has 4 unspecified atom stereocenters. The molecule has 2 aliphatic carbocycles. The third-order valence-corrected chi connectivity index (χ3v) is 7.23. The van der Waals surface area contributed by atoms with Crippen LogP contribution < -0.4 is 0 Å². The SMILES string of the molecule is Brc1ccc(C(Br)C2CC3CCC2C3)c2ccccc12. The molecule has 0 amide bonds. The Labute approximate surface area is 137 Å². The highest BCUT2D eigenvalue weighted by Crippen LogP contribution is 2.55. The number of hydrogen-bond donors (Lipinski definition) is 0. The second kappa shape index (κ2) is 5.14. The fraction of sp³-hybridized carbons (Fsp3) is 0.444. The maximum absolute atomic E-state index is 4.04. The molecule has 2 fully saturated rings. The van der Waals surface area contributed by atoms with Crippen LogP contribution in [0.4, 0.5) is 0 Å². The van der Waals surface area contributed by atoms with Crippen molar-refractivity contribution in [2.45, 2.75) is 30.5 Å². The molecule has 20 heavy (non-hydrogen) atoms. The van der Waals surface area contributed by atoms with E-state index in [1.54, 1.807) is 0 Å². The van der Waals surface area contributed by atoms with Crippen LogP contribution in [0.5, 0.6) is 0 Å². The molecule has 104 valence electrons. The summed E-state index contributed by atoms with van der Waals surface area (Å²) in [6.07, 6.45) is 5.82. The van der Waals surface area contributed by atoms with E-state index in [-0.39, 0.29) is 0 Å². The number of rotatable bonds is 2. The minimum atomic E-state index is 0.510.